The third-order valence-electron chi connectivity index (χ3n) is 2.94. The van der Waals surface area contributed by atoms with E-state index in [4.69, 9.17) is 11.6 Å². The van der Waals surface area contributed by atoms with Gasteiger partial charge in [-0.15, -0.1) is 0 Å². The molecule has 6 heteroatoms. The summed E-state index contributed by atoms with van der Waals surface area (Å²) in [7, 11) is -1.12. The molecule has 1 rings (SSSR count). The van der Waals surface area contributed by atoms with Gasteiger partial charge in [0.2, 0.25) is 0 Å². The van der Waals surface area contributed by atoms with Crippen LogP contribution in [0.1, 0.15) is 19.4 Å². The lowest BCUT2D eigenvalue weighted by molar-refractivity contribution is 0.589. The molecular formula is C14H23ClN2O2S. The molecule has 4 nitrogen and oxygen atoms in total. The Labute approximate surface area is 127 Å². The van der Waals surface area contributed by atoms with Crippen molar-refractivity contribution >= 4 is 27.1 Å². The predicted octanol–water partition coefficient (Wildman–Crippen LogP) is 2.32. The lowest BCUT2D eigenvalue weighted by atomic mass is 10.2. The summed E-state index contributed by atoms with van der Waals surface area (Å²) in [6.45, 7) is 5.39. The lowest BCUT2D eigenvalue weighted by Crippen LogP contribution is -2.25. The monoisotopic (exact) mass is 318 g/mol. The van der Waals surface area contributed by atoms with E-state index < -0.39 is 9.84 Å². The Morgan fingerprint density at radius 2 is 2.00 bits per heavy atom. The standard InChI is InChI=1S/C14H23ClN2O2S/c1-11(2)16-10-12-5-6-14(13(15)9-12)17(3)7-8-20(4,18)19/h5-6,9,11,16H,7-8,10H2,1-4H3. The normalized spacial score (nSPS) is 11.9. The summed E-state index contributed by atoms with van der Waals surface area (Å²) in [5.74, 6) is 0.122. The van der Waals surface area contributed by atoms with Gasteiger partial charge >= 0.3 is 0 Å². The molecule has 0 aliphatic heterocycles. The number of nitrogens with one attached hydrogen (secondary N) is 1. The molecule has 0 atom stereocenters. The summed E-state index contributed by atoms with van der Waals surface area (Å²) in [6, 6.07) is 6.28. The number of anilines is 1. The van der Waals surface area contributed by atoms with Crippen LogP contribution >= 0.6 is 11.6 Å². The topological polar surface area (TPSA) is 49.4 Å². The van der Waals surface area contributed by atoms with Crippen molar-refractivity contribution in [3.63, 3.8) is 0 Å². The molecule has 0 saturated heterocycles. The zero-order valence-corrected chi connectivity index (χ0v) is 14.1. The molecule has 1 N–H and O–H groups in total. The predicted molar refractivity (Wildman–Crippen MR) is 86.4 cm³/mol. The van der Waals surface area contributed by atoms with Gasteiger partial charge in [-0.1, -0.05) is 31.5 Å². The minimum absolute atomic E-state index is 0.122. The molecule has 20 heavy (non-hydrogen) atoms. The van der Waals surface area contributed by atoms with Crippen LogP contribution in [0.5, 0.6) is 0 Å². The number of sulfone groups is 1. The molecule has 0 bridgehead atoms. The van der Waals surface area contributed by atoms with Crippen LogP contribution in [0.3, 0.4) is 0 Å². The first-order valence-electron chi connectivity index (χ1n) is 6.59. The second-order valence-electron chi connectivity index (χ2n) is 5.37. The van der Waals surface area contributed by atoms with Gasteiger partial charge in [-0.3, -0.25) is 0 Å². The number of benzene rings is 1. The van der Waals surface area contributed by atoms with Crippen LogP contribution in [0.15, 0.2) is 18.2 Å². The van der Waals surface area contributed by atoms with E-state index in [1.54, 1.807) is 0 Å². The molecule has 0 fully saturated rings. The zero-order valence-electron chi connectivity index (χ0n) is 12.5. The fourth-order valence-electron chi connectivity index (χ4n) is 1.72. The molecule has 0 saturated carbocycles. The molecule has 0 heterocycles. The summed E-state index contributed by atoms with van der Waals surface area (Å²) in [6.07, 6.45) is 1.24. The van der Waals surface area contributed by atoms with E-state index in [1.165, 1.54) is 6.26 Å². The maximum Gasteiger partial charge on any atom is 0.149 e. The molecule has 1 aromatic carbocycles. The van der Waals surface area contributed by atoms with Gasteiger partial charge in [0.25, 0.3) is 0 Å². The Hall–Kier alpha value is -0.780. The maximum absolute atomic E-state index is 11.2. The number of hydrogen-bond acceptors (Lipinski definition) is 4. The number of rotatable bonds is 7. The third kappa shape index (κ3) is 6.11. The maximum atomic E-state index is 11.2. The SMILES string of the molecule is CC(C)NCc1ccc(N(C)CCS(C)(=O)=O)c(Cl)c1. The number of nitrogens with zero attached hydrogens (tertiary/aromatic N) is 1. The highest BCUT2D eigenvalue weighted by molar-refractivity contribution is 7.90. The highest BCUT2D eigenvalue weighted by Crippen LogP contribution is 2.26. The van der Waals surface area contributed by atoms with Crippen molar-refractivity contribution in [2.24, 2.45) is 0 Å². The molecule has 0 amide bonds. The Kier molecular flexibility index (Phi) is 6.30. The van der Waals surface area contributed by atoms with Crippen LogP contribution in [-0.2, 0) is 16.4 Å². The Morgan fingerprint density at radius 3 is 2.50 bits per heavy atom. The fraction of sp³-hybridized carbons (Fsp3) is 0.571. The second kappa shape index (κ2) is 7.29. The van der Waals surface area contributed by atoms with E-state index in [2.05, 4.69) is 19.2 Å². The van der Waals surface area contributed by atoms with Gasteiger partial charge in [-0.25, -0.2) is 8.42 Å². The highest BCUT2D eigenvalue weighted by Gasteiger charge is 2.10. The van der Waals surface area contributed by atoms with E-state index in [0.717, 1.165) is 17.8 Å². The molecule has 0 spiro atoms. The second-order valence-corrected chi connectivity index (χ2v) is 8.04. The first-order valence-corrected chi connectivity index (χ1v) is 9.03. The van der Waals surface area contributed by atoms with Crippen molar-refractivity contribution in [3.05, 3.63) is 28.8 Å². The molecule has 0 aromatic heterocycles. The van der Waals surface area contributed by atoms with Crippen LogP contribution in [0.4, 0.5) is 5.69 Å². The molecule has 0 unspecified atom stereocenters. The number of hydrogen-bond donors (Lipinski definition) is 1. The molecule has 1 aromatic rings. The van der Waals surface area contributed by atoms with Crippen molar-refractivity contribution in [1.82, 2.24) is 5.32 Å². The lowest BCUT2D eigenvalue weighted by Gasteiger charge is -2.21. The average Bonchev–Trinajstić information content (AvgIpc) is 2.32. The van der Waals surface area contributed by atoms with Gasteiger partial charge in [-0.2, -0.15) is 0 Å². The largest absolute Gasteiger partial charge is 0.372 e. The van der Waals surface area contributed by atoms with Crippen molar-refractivity contribution in [3.8, 4) is 0 Å². The van der Waals surface area contributed by atoms with E-state index in [0.29, 0.717) is 17.6 Å². The first-order chi connectivity index (χ1) is 9.19. The Morgan fingerprint density at radius 1 is 1.35 bits per heavy atom. The Bertz CT molecular complexity index is 544. The van der Waals surface area contributed by atoms with Gasteiger partial charge in [0.1, 0.15) is 9.84 Å². The summed E-state index contributed by atoms with van der Waals surface area (Å²) >= 11 is 6.27. The minimum atomic E-state index is -2.96. The van der Waals surface area contributed by atoms with Crippen molar-refractivity contribution in [1.29, 1.82) is 0 Å². The fourth-order valence-corrected chi connectivity index (χ4v) is 2.67. The Balaban J connectivity index is 2.72. The highest BCUT2D eigenvalue weighted by atomic mass is 35.5. The van der Waals surface area contributed by atoms with Gasteiger partial charge in [0.05, 0.1) is 16.5 Å². The van der Waals surface area contributed by atoms with E-state index >= 15 is 0 Å². The van der Waals surface area contributed by atoms with Crippen molar-refractivity contribution < 1.29 is 8.42 Å². The quantitative estimate of drug-likeness (QED) is 0.838. The van der Waals surface area contributed by atoms with Crippen LogP contribution in [-0.4, -0.2) is 40.1 Å². The third-order valence-corrected chi connectivity index (χ3v) is 4.16. The smallest absolute Gasteiger partial charge is 0.149 e. The van der Waals surface area contributed by atoms with Crippen LogP contribution in [0.25, 0.3) is 0 Å². The molecule has 0 aliphatic rings. The molecule has 0 radical (unpaired) electrons. The van der Waals surface area contributed by atoms with E-state index in [-0.39, 0.29) is 5.75 Å². The summed E-state index contributed by atoms with van der Waals surface area (Å²) in [5.41, 5.74) is 1.97. The summed E-state index contributed by atoms with van der Waals surface area (Å²) < 4.78 is 22.4. The van der Waals surface area contributed by atoms with Crippen LogP contribution in [0, 0.1) is 0 Å². The van der Waals surface area contributed by atoms with Crippen molar-refractivity contribution in [2.45, 2.75) is 26.4 Å². The van der Waals surface area contributed by atoms with Gasteiger partial charge in [0.15, 0.2) is 0 Å². The van der Waals surface area contributed by atoms with Crippen LogP contribution in [0.2, 0.25) is 5.02 Å². The number of halogens is 1. The first kappa shape index (κ1) is 17.3. The summed E-state index contributed by atoms with van der Waals surface area (Å²) in [4.78, 5) is 1.86. The molecule has 114 valence electrons. The van der Waals surface area contributed by atoms with E-state index in [1.807, 2.05) is 30.1 Å². The minimum Gasteiger partial charge on any atom is -0.372 e. The van der Waals surface area contributed by atoms with Gasteiger partial charge < -0.3 is 10.2 Å². The van der Waals surface area contributed by atoms with Crippen molar-refractivity contribution in [2.75, 3.05) is 30.5 Å². The van der Waals surface area contributed by atoms with E-state index in [9.17, 15) is 8.42 Å². The molecule has 0 aliphatic carbocycles. The average molecular weight is 319 g/mol. The van der Waals surface area contributed by atoms with Gasteiger partial charge in [0, 0.05) is 32.4 Å². The summed E-state index contributed by atoms with van der Waals surface area (Å²) in [5, 5.41) is 3.97. The van der Waals surface area contributed by atoms with Crippen LogP contribution < -0.4 is 10.2 Å². The van der Waals surface area contributed by atoms with Gasteiger partial charge in [-0.05, 0) is 17.7 Å². The molecular weight excluding hydrogens is 296 g/mol. The zero-order chi connectivity index (χ0) is 15.3.